The van der Waals surface area contributed by atoms with Gasteiger partial charge in [0.2, 0.25) is 0 Å². The Hall–Kier alpha value is -1.34. The number of aryl methyl sites for hydroxylation is 2. The van der Waals surface area contributed by atoms with E-state index in [0.717, 1.165) is 32.1 Å². The van der Waals surface area contributed by atoms with Crippen molar-refractivity contribution < 1.29 is 0 Å². The van der Waals surface area contributed by atoms with E-state index in [1.165, 1.54) is 22.9 Å². The summed E-state index contributed by atoms with van der Waals surface area (Å²) in [5.74, 6) is 0. The summed E-state index contributed by atoms with van der Waals surface area (Å²) in [4.78, 5) is 6.40. The van der Waals surface area contributed by atoms with Crippen LogP contribution in [0.1, 0.15) is 17.0 Å². The van der Waals surface area contributed by atoms with Gasteiger partial charge in [-0.3, -0.25) is 0 Å². The normalized spacial score (nSPS) is 11.4. The number of hydrogen-bond acceptors (Lipinski definition) is 7. The molecule has 0 saturated carbocycles. The van der Waals surface area contributed by atoms with Crippen LogP contribution < -0.4 is 4.90 Å². The van der Waals surface area contributed by atoms with Gasteiger partial charge in [-0.15, -0.1) is 10.2 Å². The number of anilines is 1. The molecule has 0 fully saturated rings. The fourth-order valence-electron chi connectivity index (χ4n) is 1.25. The monoisotopic (exact) mass is 281 g/mol. The number of hydrogen-bond donors (Lipinski definition) is 0. The van der Waals surface area contributed by atoms with Crippen molar-refractivity contribution in [3.05, 3.63) is 17.0 Å². The molecule has 0 saturated heterocycles. The summed E-state index contributed by atoms with van der Waals surface area (Å²) in [6, 6.07) is 0. The predicted molar refractivity (Wildman–Crippen MR) is 76.9 cm³/mol. The Balaban J connectivity index is 2.26. The van der Waals surface area contributed by atoms with Crippen molar-refractivity contribution in [1.82, 2.24) is 9.36 Å². The third-order valence-electron chi connectivity index (χ3n) is 2.51. The van der Waals surface area contributed by atoms with Gasteiger partial charge in [-0.05, 0) is 32.3 Å². The third kappa shape index (κ3) is 2.56. The number of aromatic nitrogens is 2. The Morgan fingerprint density at radius 3 is 2.17 bits per heavy atom. The molecule has 0 amide bonds. The molecule has 0 aliphatic heterocycles. The third-order valence-corrected chi connectivity index (χ3v) is 4.64. The molecule has 0 atom stereocenters. The lowest BCUT2D eigenvalue weighted by Crippen LogP contribution is -2.07. The molecule has 0 bridgehead atoms. The minimum absolute atomic E-state index is 0.851. The quantitative estimate of drug-likeness (QED) is 0.799. The molecule has 2 heterocycles. The van der Waals surface area contributed by atoms with Crippen LogP contribution in [0, 0.1) is 20.8 Å². The molecule has 0 N–H and O–H groups in total. The minimum atomic E-state index is 0.851. The first-order valence-electron chi connectivity index (χ1n) is 5.48. The Kier molecular flexibility index (Phi) is 3.72. The molecule has 0 unspecified atom stereocenters. The van der Waals surface area contributed by atoms with Gasteiger partial charge in [0.05, 0.1) is 11.4 Å². The SMILES string of the molecule is Cc1nc(N(C)C)sc1/N=N/c1snc(C)c1C. The summed E-state index contributed by atoms with van der Waals surface area (Å²) in [5.41, 5.74) is 3.02. The van der Waals surface area contributed by atoms with Crippen LogP contribution in [0.5, 0.6) is 0 Å². The van der Waals surface area contributed by atoms with Crippen LogP contribution >= 0.6 is 22.9 Å². The Morgan fingerprint density at radius 1 is 1.00 bits per heavy atom. The van der Waals surface area contributed by atoms with Gasteiger partial charge >= 0.3 is 0 Å². The maximum atomic E-state index is 4.43. The van der Waals surface area contributed by atoms with Crippen LogP contribution in [0.2, 0.25) is 0 Å². The second kappa shape index (κ2) is 5.11. The standard InChI is InChI=1S/C11H15N5S2/c1-6-7(2)15-18-9(6)13-14-10-8(3)12-11(17-10)16(4)5/h1-5H3/b14-13+. The maximum absolute atomic E-state index is 4.43. The number of azo groups is 1. The maximum Gasteiger partial charge on any atom is 0.187 e. The van der Waals surface area contributed by atoms with Gasteiger partial charge < -0.3 is 4.90 Å². The summed E-state index contributed by atoms with van der Waals surface area (Å²) < 4.78 is 4.25. The predicted octanol–water partition coefficient (Wildman–Crippen LogP) is 4.01. The molecule has 0 radical (unpaired) electrons. The Labute approximate surface area is 114 Å². The fourth-order valence-corrected chi connectivity index (χ4v) is 2.78. The molecule has 0 aromatic carbocycles. The molecule has 0 aliphatic rings. The first kappa shape index (κ1) is 13.1. The van der Waals surface area contributed by atoms with E-state index >= 15 is 0 Å². The highest BCUT2D eigenvalue weighted by molar-refractivity contribution is 7.19. The van der Waals surface area contributed by atoms with Gasteiger partial charge in [-0.25, -0.2) is 4.98 Å². The van der Waals surface area contributed by atoms with Crippen molar-refractivity contribution in [2.75, 3.05) is 19.0 Å². The topological polar surface area (TPSA) is 53.7 Å². The fraction of sp³-hybridized carbons (Fsp3) is 0.455. The van der Waals surface area contributed by atoms with Gasteiger partial charge in [-0.1, -0.05) is 11.3 Å². The van der Waals surface area contributed by atoms with Gasteiger partial charge in [-0.2, -0.15) is 4.37 Å². The smallest absolute Gasteiger partial charge is 0.187 e. The lowest BCUT2D eigenvalue weighted by atomic mass is 10.3. The molecule has 5 nitrogen and oxygen atoms in total. The molecule has 2 rings (SSSR count). The van der Waals surface area contributed by atoms with Gasteiger partial charge in [0.1, 0.15) is 0 Å². The molecule has 18 heavy (non-hydrogen) atoms. The number of rotatable bonds is 3. The van der Waals surface area contributed by atoms with Crippen LogP contribution in [0.25, 0.3) is 0 Å². The molecule has 0 spiro atoms. The van der Waals surface area contributed by atoms with E-state index in [0.29, 0.717) is 0 Å². The van der Waals surface area contributed by atoms with E-state index in [1.54, 1.807) is 0 Å². The summed E-state index contributed by atoms with van der Waals surface area (Å²) >= 11 is 2.92. The zero-order valence-corrected chi connectivity index (χ0v) is 12.7. The van der Waals surface area contributed by atoms with Crippen molar-refractivity contribution in [1.29, 1.82) is 0 Å². The van der Waals surface area contributed by atoms with Crippen LogP contribution in [0.15, 0.2) is 10.2 Å². The van der Waals surface area contributed by atoms with E-state index in [4.69, 9.17) is 0 Å². The highest BCUT2D eigenvalue weighted by atomic mass is 32.1. The molecule has 96 valence electrons. The van der Waals surface area contributed by atoms with Gasteiger partial charge in [0.25, 0.3) is 0 Å². The molecule has 7 heteroatoms. The molecular formula is C11H15N5S2. The minimum Gasteiger partial charge on any atom is -0.354 e. The van der Waals surface area contributed by atoms with E-state index in [9.17, 15) is 0 Å². The summed E-state index contributed by atoms with van der Waals surface area (Å²) in [6.07, 6.45) is 0. The second-order valence-electron chi connectivity index (χ2n) is 4.18. The van der Waals surface area contributed by atoms with E-state index in [2.05, 4.69) is 19.6 Å². The molecule has 2 aromatic heterocycles. The highest BCUT2D eigenvalue weighted by Gasteiger charge is 2.09. The summed E-state index contributed by atoms with van der Waals surface area (Å²) in [7, 11) is 3.94. The van der Waals surface area contributed by atoms with Crippen LogP contribution in [0.4, 0.5) is 15.1 Å². The van der Waals surface area contributed by atoms with E-state index in [-0.39, 0.29) is 0 Å². The zero-order chi connectivity index (χ0) is 13.3. The summed E-state index contributed by atoms with van der Waals surface area (Å²) in [6.45, 7) is 5.94. The Morgan fingerprint density at radius 2 is 1.67 bits per heavy atom. The largest absolute Gasteiger partial charge is 0.354 e. The van der Waals surface area contributed by atoms with Crippen molar-refractivity contribution in [3.8, 4) is 0 Å². The molecule has 2 aromatic rings. The average molecular weight is 281 g/mol. The van der Waals surface area contributed by atoms with Crippen molar-refractivity contribution in [3.63, 3.8) is 0 Å². The molecule has 0 aliphatic carbocycles. The first-order valence-corrected chi connectivity index (χ1v) is 7.07. The van der Waals surface area contributed by atoms with Crippen molar-refractivity contribution in [2.45, 2.75) is 20.8 Å². The summed E-state index contributed by atoms with van der Waals surface area (Å²) in [5, 5.41) is 11.2. The van der Waals surface area contributed by atoms with E-state index < -0.39 is 0 Å². The van der Waals surface area contributed by atoms with Crippen molar-refractivity contribution in [2.24, 2.45) is 10.2 Å². The van der Waals surface area contributed by atoms with Gasteiger partial charge in [0, 0.05) is 19.7 Å². The zero-order valence-electron chi connectivity index (χ0n) is 11.1. The van der Waals surface area contributed by atoms with Crippen LogP contribution in [0.3, 0.4) is 0 Å². The number of thiazole rings is 1. The lowest BCUT2D eigenvalue weighted by Gasteiger charge is -2.04. The highest BCUT2D eigenvalue weighted by Crippen LogP contribution is 2.34. The lowest BCUT2D eigenvalue weighted by molar-refractivity contribution is 1.08. The van der Waals surface area contributed by atoms with Crippen molar-refractivity contribution >= 4 is 38.0 Å². The van der Waals surface area contributed by atoms with Gasteiger partial charge in [0.15, 0.2) is 15.1 Å². The number of nitrogens with zero attached hydrogens (tertiary/aromatic N) is 5. The second-order valence-corrected chi connectivity index (χ2v) is 5.89. The van der Waals surface area contributed by atoms with Crippen LogP contribution in [-0.4, -0.2) is 23.5 Å². The Bertz CT molecular complexity index is 582. The average Bonchev–Trinajstić information content (AvgIpc) is 2.83. The first-order chi connectivity index (χ1) is 8.49. The molecular weight excluding hydrogens is 266 g/mol. The van der Waals surface area contributed by atoms with E-state index in [1.807, 2.05) is 39.8 Å². The van der Waals surface area contributed by atoms with Crippen LogP contribution in [-0.2, 0) is 0 Å².